The van der Waals surface area contributed by atoms with E-state index in [9.17, 15) is 22.3 Å². The summed E-state index contributed by atoms with van der Waals surface area (Å²) in [6.45, 7) is 0.270. The number of para-hydroxylation sites is 1. The number of rotatable bonds is 10. The Morgan fingerprint density at radius 3 is 2.03 bits per heavy atom. The first kappa shape index (κ1) is 22.8. The minimum absolute atomic E-state index is 0.0924. The second-order valence-corrected chi connectivity index (χ2v) is 9.45. The molecule has 1 unspecified atom stereocenters. The third-order valence-electron chi connectivity index (χ3n) is 4.54. The van der Waals surface area contributed by atoms with Gasteiger partial charge in [0.05, 0.1) is 0 Å². The Hall–Kier alpha value is -2.88. The van der Waals surface area contributed by atoms with Crippen LogP contribution in [0.15, 0.2) is 78.9 Å². The number of anilines is 1. The minimum Gasteiger partial charge on any atom is -0.772 e. The van der Waals surface area contributed by atoms with E-state index in [1.807, 2.05) is 6.07 Å². The summed E-state index contributed by atoms with van der Waals surface area (Å²) in [5.41, 5.74) is 2.47. The van der Waals surface area contributed by atoms with Gasteiger partial charge in [0.25, 0.3) is 0 Å². The Labute approximate surface area is 184 Å². The highest BCUT2D eigenvalue weighted by Crippen LogP contribution is 2.25. The van der Waals surface area contributed by atoms with Gasteiger partial charge in [-0.25, -0.2) is 0 Å². The first-order chi connectivity index (χ1) is 14.8. The molecule has 0 aliphatic carbocycles. The van der Waals surface area contributed by atoms with Gasteiger partial charge >= 0.3 is 10.1 Å². The quantitative estimate of drug-likeness (QED) is 0.366. The van der Waals surface area contributed by atoms with Gasteiger partial charge < -0.3 is 18.7 Å². The molecule has 164 valence electrons. The number of phenolic OH excluding ortho intramolecular Hbond substituents is 1. The zero-order chi connectivity index (χ0) is 22.3. The molecule has 1 atom stereocenters. The molecule has 0 fully saturated rings. The number of aromatic hydroxyl groups is 1. The van der Waals surface area contributed by atoms with Gasteiger partial charge in [-0.2, -0.15) is 8.42 Å². The van der Waals surface area contributed by atoms with Crippen LogP contribution in [0.2, 0.25) is 0 Å². The largest absolute Gasteiger partial charge is 0.772 e. The number of benzene rings is 3. The van der Waals surface area contributed by atoms with Crippen LogP contribution in [0.4, 0.5) is 5.69 Å². The van der Waals surface area contributed by atoms with Crippen LogP contribution in [0.25, 0.3) is 11.1 Å². The van der Waals surface area contributed by atoms with Gasteiger partial charge in [-0.05, 0) is 47.5 Å². The van der Waals surface area contributed by atoms with Gasteiger partial charge in [-0.3, -0.25) is 4.21 Å². The fourth-order valence-corrected chi connectivity index (χ4v) is 4.26. The Balaban J connectivity index is 1.64. The molecule has 0 aliphatic rings. The van der Waals surface area contributed by atoms with Crippen LogP contribution in [-0.4, -0.2) is 46.9 Å². The smallest absolute Gasteiger partial charge is 0.310 e. The summed E-state index contributed by atoms with van der Waals surface area (Å²) in [5, 5.41) is 9.38. The van der Waals surface area contributed by atoms with Gasteiger partial charge in [0.1, 0.15) is 17.3 Å². The number of nitrogens with zero attached hydrogens (tertiary/aromatic N) is 1. The van der Waals surface area contributed by atoms with Crippen molar-refractivity contribution in [1.82, 2.24) is 0 Å². The molecule has 0 radical (unpaired) electrons. The van der Waals surface area contributed by atoms with E-state index in [2.05, 4.69) is 0 Å². The zero-order valence-electron chi connectivity index (χ0n) is 16.6. The van der Waals surface area contributed by atoms with Gasteiger partial charge in [-0.15, -0.1) is 0 Å². The van der Waals surface area contributed by atoms with Crippen molar-refractivity contribution in [3.8, 4) is 22.6 Å². The van der Waals surface area contributed by atoms with E-state index in [0.29, 0.717) is 0 Å². The lowest BCUT2D eigenvalue weighted by Crippen LogP contribution is -2.33. The maximum absolute atomic E-state index is 12.5. The zero-order valence-corrected chi connectivity index (χ0v) is 18.2. The van der Waals surface area contributed by atoms with E-state index in [-0.39, 0.29) is 36.1 Å². The van der Waals surface area contributed by atoms with Crippen molar-refractivity contribution in [2.45, 2.75) is 0 Å². The lowest BCUT2D eigenvalue weighted by molar-refractivity contribution is 0.475. The summed E-state index contributed by atoms with van der Waals surface area (Å²) in [6, 6.07) is 22.3. The molecule has 0 heterocycles. The maximum atomic E-state index is 12.5. The van der Waals surface area contributed by atoms with Crippen LogP contribution < -0.4 is 9.08 Å². The van der Waals surface area contributed by atoms with E-state index < -0.39 is 21.2 Å². The molecule has 0 amide bonds. The molecule has 3 rings (SSSR count). The summed E-state index contributed by atoms with van der Waals surface area (Å²) < 4.78 is 52.0. The highest BCUT2D eigenvalue weighted by atomic mass is 32.2. The van der Waals surface area contributed by atoms with Gasteiger partial charge in [0.2, 0.25) is 0 Å². The molecule has 0 aliphatic heterocycles. The monoisotopic (exact) mass is 460 g/mol. The van der Waals surface area contributed by atoms with Crippen molar-refractivity contribution in [2.24, 2.45) is 0 Å². The molecule has 1 N–H and O–H groups in total. The van der Waals surface area contributed by atoms with Gasteiger partial charge in [0, 0.05) is 24.5 Å². The second kappa shape index (κ2) is 10.4. The molecule has 0 spiro atoms. The van der Waals surface area contributed by atoms with Crippen molar-refractivity contribution >= 4 is 26.9 Å². The van der Waals surface area contributed by atoms with Crippen LogP contribution in [0.5, 0.6) is 11.5 Å². The molecule has 0 aromatic heterocycles. The topological polar surface area (TPSA) is 107 Å². The maximum Gasteiger partial charge on any atom is 0.310 e. The van der Waals surface area contributed by atoms with E-state index >= 15 is 0 Å². The van der Waals surface area contributed by atoms with E-state index in [0.717, 1.165) is 16.8 Å². The summed E-state index contributed by atoms with van der Waals surface area (Å²) in [6.07, 6.45) is 0. The molecule has 7 nitrogen and oxygen atoms in total. The van der Waals surface area contributed by atoms with E-state index in [4.69, 9.17) is 4.18 Å². The average Bonchev–Trinajstić information content (AvgIpc) is 2.75. The molecule has 0 saturated carbocycles. The van der Waals surface area contributed by atoms with Crippen LogP contribution in [0.3, 0.4) is 0 Å². The number of hydrogen-bond donors (Lipinski definition) is 1. The fourth-order valence-electron chi connectivity index (χ4n) is 2.96. The average molecular weight is 461 g/mol. The van der Waals surface area contributed by atoms with Crippen molar-refractivity contribution in [3.63, 3.8) is 0 Å². The van der Waals surface area contributed by atoms with Crippen LogP contribution in [0, 0.1) is 0 Å². The third kappa shape index (κ3) is 7.09. The van der Waals surface area contributed by atoms with Gasteiger partial charge in [-0.1, -0.05) is 53.5 Å². The molecule has 3 aromatic carbocycles. The fraction of sp³-hybridized carbons (Fsp3) is 0.182. The Bertz CT molecular complexity index is 1100. The molecular formula is C22H22NO6S2-. The summed E-state index contributed by atoms with van der Waals surface area (Å²) in [4.78, 5) is 1.70. The Kier molecular flexibility index (Phi) is 7.67. The summed E-state index contributed by atoms with van der Waals surface area (Å²) in [5.74, 6) is -0.0444. The molecule has 3 aromatic rings. The Morgan fingerprint density at radius 1 is 0.871 bits per heavy atom. The highest BCUT2D eigenvalue weighted by molar-refractivity contribution is 7.87. The van der Waals surface area contributed by atoms with Crippen molar-refractivity contribution in [3.05, 3.63) is 78.9 Å². The molecule has 0 bridgehead atoms. The molecular weight excluding hydrogens is 438 g/mol. The van der Waals surface area contributed by atoms with Crippen LogP contribution in [-0.2, 0) is 21.2 Å². The number of hydrogen-bond acceptors (Lipinski definition) is 7. The van der Waals surface area contributed by atoms with Crippen molar-refractivity contribution in [2.75, 3.05) is 29.5 Å². The first-order valence-corrected chi connectivity index (χ1v) is 12.3. The third-order valence-corrected chi connectivity index (χ3v) is 6.18. The predicted octanol–water partition coefficient (Wildman–Crippen LogP) is 3.15. The molecule has 31 heavy (non-hydrogen) atoms. The SMILES string of the molecule is O=S([O-])CCN(CCS(=O)(=O)Oc1ccc(-c2ccc(O)cc2)cc1)c1ccccc1. The predicted molar refractivity (Wildman–Crippen MR) is 120 cm³/mol. The second-order valence-electron chi connectivity index (χ2n) is 6.75. The van der Waals surface area contributed by atoms with Crippen molar-refractivity contribution in [1.29, 1.82) is 0 Å². The van der Waals surface area contributed by atoms with Crippen LogP contribution >= 0.6 is 0 Å². The van der Waals surface area contributed by atoms with E-state index in [1.54, 1.807) is 77.7 Å². The normalized spacial score (nSPS) is 12.3. The first-order valence-electron chi connectivity index (χ1n) is 9.50. The minimum atomic E-state index is -3.89. The number of phenols is 1. The molecule has 9 heteroatoms. The lowest BCUT2D eigenvalue weighted by Gasteiger charge is -2.25. The van der Waals surface area contributed by atoms with Crippen molar-refractivity contribution < 1.29 is 26.5 Å². The Morgan fingerprint density at radius 2 is 1.45 bits per heavy atom. The standard InChI is InChI=1S/C22H23NO6S2/c24-21-10-6-18(7-11-21)19-8-12-22(13-9-19)29-31(27,28)17-15-23(14-16-30(25)26)20-4-2-1-3-5-20/h1-13,24H,14-17H2,(H,25,26)/p-1. The highest BCUT2D eigenvalue weighted by Gasteiger charge is 2.16. The van der Waals surface area contributed by atoms with Crippen LogP contribution in [0.1, 0.15) is 0 Å². The lowest BCUT2D eigenvalue weighted by atomic mass is 10.1. The van der Waals surface area contributed by atoms with Gasteiger partial charge in [0.15, 0.2) is 0 Å². The van der Waals surface area contributed by atoms with E-state index in [1.165, 1.54) is 0 Å². The summed E-state index contributed by atoms with van der Waals surface area (Å²) >= 11 is -2.22. The summed E-state index contributed by atoms with van der Waals surface area (Å²) in [7, 11) is -3.89. The molecule has 0 saturated heterocycles.